The molecule has 0 saturated carbocycles. The van der Waals surface area contributed by atoms with Crippen LogP contribution in [0.15, 0.2) is 33.4 Å². The van der Waals surface area contributed by atoms with E-state index in [2.05, 4.69) is 9.98 Å². The Kier molecular flexibility index (Phi) is 4.73. The molecule has 1 rings (SSSR count). The smallest absolute Gasteiger partial charge is 0.245 e. The lowest BCUT2D eigenvalue weighted by molar-refractivity contribution is 0.0151. The van der Waals surface area contributed by atoms with Crippen LogP contribution in [0.4, 0.5) is 8.78 Å². The summed E-state index contributed by atoms with van der Waals surface area (Å²) in [7, 11) is 0. The van der Waals surface area contributed by atoms with Crippen molar-refractivity contribution in [2.45, 2.75) is 39.5 Å². The third-order valence-corrected chi connectivity index (χ3v) is 2.32. The van der Waals surface area contributed by atoms with Gasteiger partial charge in [-0.3, -0.25) is 9.98 Å². The number of aliphatic imine (C=N–C) groups is 2. The molecule has 0 aromatic rings. The summed E-state index contributed by atoms with van der Waals surface area (Å²) in [5, 5.41) is 0. The molecule has 2 nitrogen and oxygen atoms in total. The van der Waals surface area contributed by atoms with Crippen LogP contribution in [0.2, 0.25) is 0 Å². The second kappa shape index (κ2) is 5.84. The minimum atomic E-state index is -2.64. The van der Waals surface area contributed by atoms with Gasteiger partial charge < -0.3 is 0 Å². The normalized spacial score (nSPS) is 20.6. The first-order chi connectivity index (χ1) is 7.87. The molecule has 0 saturated heterocycles. The van der Waals surface area contributed by atoms with Crippen molar-refractivity contribution in [2.24, 2.45) is 9.98 Å². The summed E-state index contributed by atoms with van der Waals surface area (Å²) in [5.41, 5.74) is 2.59. The van der Waals surface area contributed by atoms with Gasteiger partial charge in [0, 0.05) is 24.0 Å². The summed E-state index contributed by atoms with van der Waals surface area (Å²) >= 11 is 0. The highest BCUT2D eigenvalue weighted by Crippen LogP contribution is 2.19. The molecule has 94 valence electrons. The van der Waals surface area contributed by atoms with E-state index >= 15 is 0 Å². The molecule has 0 amide bonds. The Bertz CT molecular complexity index is 385. The van der Waals surface area contributed by atoms with E-state index in [0.29, 0.717) is 18.7 Å². The number of halogens is 2. The summed E-state index contributed by atoms with van der Waals surface area (Å²) in [5.74, 6) is -2.64. The predicted molar refractivity (Wildman–Crippen MR) is 68.2 cm³/mol. The molecule has 1 heterocycles. The number of hydrogen-bond acceptors (Lipinski definition) is 2. The molecule has 17 heavy (non-hydrogen) atoms. The lowest BCUT2D eigenvalue weighted by Gasteiger charge is -2.09. The topological polar surface area (TPSA) is 24.7 Å². The Labute approximate surface area is 101 Å². The summed E-state index contributed by atoms with van der Waals surface area (Å²) in [6, 6.07) is 0. The van der Waals surface area contributed by atoms with Crippen molar-refractivity contribution in [3.05, 3.63) is 23.4 Å². The van der Waals surface area contributed by atoms with Gasteiger partial charge in [-0.1, -0.05) is 0 Å². The minimum absolute atomic E-state index is 0.171. The minimum Gasteiger partial charge on any atom is -0.284 e. The summed E-state index contributed by atoms with van der Waals surface area (Å²) < 4.78 is 25.6. The second-order valence-corrected chi connectivity index (χ2v) is 4.39. The Hall–Kier alpha value is -1.32. The fraction of sp³-hybridized carbons (Fsp3) is 0.538. The van der Waals surface area contributed by atoms with E-state index in [-0.39, 0.29) is 6.42 Å². The number of hydrogen-bond donors (Lipinski definition) is 0. The maximum Gasteiger partial charge on any atom is 0.245 e. The van der Waals surface area contributed by atoms with E-state index in [1.165, 1.54) is 0 Å². The monoisotopic (exact) mass is 240 g/mol. The van der Waals surface area contributed by atoms with Crippen molar-refractivity contribution in [2.75, 3.05) is 6.54 Å². The van der Waals surface area contributed by atoms with Crippen molar-refractivity contribution < 1.29 is 8.78 Å². The van der Waals surface area contributed by atoms with Crippen LogP contribution in [0.25, 0.3) is 0 Å². The van der Waals surface area contributed by atoms with E-state index in [1.54, 1.807) is 6.21 Å². The van der Waals surface area contributed by atoms with Crippen molar-refractivity contribution in [3.63, 3.8) is 0 Å². The highest BCUT2D eigenvalue weighted by atomic mass is 19.3. The number of nitrogens with zero attached hydrogens (tertiary/aromatic N) is 2. The Morgan fingerprint density at radius 3 is 2.65 bits per heavy atom. The zero-order chi connectivity index (χ0) is 12.9. The molecule has 0 aromatic carbocycles. The van der Waals surface area contributed by atoms with E-state index < -0.39 is 5.92 Å². The Morgan fingerprint density at radius 1 is 1.29 bits per heavy atom. The average Bonchev–Trinajstić information content (AvgIpc) is 2.25. The SMILES string of the molecule is CC1=C/C(C)=C/C(CCC(C)(F)F)=NCC=N1. The maximum absolute atomic E-state index is 12.8. The van der Waals surface area contributed by atoms with Gasteiger partial charge in [-0.15, -0.1) is 0 Å². The van der Waals surface area contributed by atoms with Gasteiger partial charge in [-0.05, 0) is 44.9 Å². The van der Waals surface area contributed by atoms with Crippen LogP contribution in [0.1, 0.15) is 33.6 Å². The van der Waals surface area contributed by atoms with Crippen LogP contribution in [0.3, 0.4) is 0 Å². The van der Waals surface area contributed by atoms with Gasteiger partial charge in [-0.2, -0.15) is 0 Å². The molecule has 0 N–H and O–H groups in total. The molecule has 1 aliphatic rings. The molecule has 0 atom stereocenters. The van der Waals surface area contributed by atoms with Crippen molar-refractivity contribution in [3.8, 4) is 0 Å². The van der Waals surface area contributed by atoms with E-state index in [9.17, 15) is 8.78 Å². The number of alkyl halides is 2. The van der Waals surface area contributed by atoms with Crippen LogP contribution < -0.4 is 0 Å². The first-order valence-electron chi connectivity index (χ1n) is 5.67. The first-order valence-corrected chi connectivity index (χ1v) is 5.67. The molecule has 0 spiro atoms. The zero-order valence-electron chi connectivity index (χ0n) is 10.5. The van der Waals surface area contributed by atoms with Gasteiger partial charge in [0.15, 0.2) is 0 Å². The summed E-state index contributed by atoms with van der Waals surface area (Å²) in [6.45, 7) is 5.20. The molecule has 0 fully saturated rings. The van der Waals surface area contributed by atoms with Crippen LogP contribution in [0, 0.1) is 0 Å². The highest BCUT2D eigenvalue weighted by Gasteiger charge is 2.20. The lowest BCUT2D eigenvalue weighted by Crippen LogP contribution is -2.12. The van der Waals surface area contributed by atoms with Crippen LogP contribution in [-0.2, 0) is 0 Å². The molecule has 0 bridgehead atoms. The standard InChI is InChI=1S/C13H18F2N2/c1-10-8-11(2)16-6-7-17-12(9-10)4-5-13(3,14)15/h6,8-9H,4-5,7H2,1-3H3/b10-9+,11-8?,16-6?,17-12?. The molecule has 4 heteroatoms. The zero-order valence-corrected chi connectivity index (χ0v) is 10.5. The molecule has 0 aromatic heterocycles. The first kappa shape index (κ1) is 13.7. The molecule has 0 aliphatic carbocycles. The fourth-order valence-corrected chi connectivity index (χ4v) is 1.56. The van der Waals surface area contributed by atoms with Crippen molar-refractivity contribution in [1.29, 1.82) is 0 Å². The van der Waals surface area contributed by atoms with Crippen molar-refractivity contribution in [1.82, 2.24) is 0 Å². The van der Waals surface area contributed by atoms with Gasteiger partial charge in [0.1, 0.15) is 0 Å². The fourth-order valence-electron chi connectivity index (χ4n) is 1.56. The largest absolute Gasteiger partial charge is 0.284 e. The van der Waals surface area contributed by atoms with Crippen LogP contribution >= 0.6 is 0 Å². The van der Waals surface area contributed by atoms with Crippen LogP contribution in [0.5, 0.6) is 0 Å². The maximum atomic E-state index is 12.8. The van der Waals surface area contributed by atoms with Gasteiger partial charge in [-0.25, -0.2) is 8.78 Å². The second-order valence-electron chi connectivity index (χ2n) is 4.39. The molecular formula is C13H18F2N2. The third-order valence-electron chi connectivity index (χ3n) is 2.32. The summed E-state index contributed by atoms with van der Waals surface area (Å²) in [4.78, 5) is 8.43. The van der Waals surface area contributed by atoms with Crippen LogP contribution in [-0.4, -0.2) is 24.4 Å². The highest BCUT2D eigenvalue weighted by molar-refractivity contribution is 5.96. The van der Waals surface area contributed by atoms with E-state index in [1.807, 2.05) is 26.0 Å². The lowest BCUT2D eigenvalue weighted by atomic mass is 10.1. The summed E-state index contributed by atoms with van der Waals surface area (Å²) in [6.07, 6.45) is 5.59. The molecular weight excluding hydrogens is 222 g/mol. The van der Waals surface area contributed by atoms with E-state index in [4.69, 9.17) is 0 Å². The molecule has 1 aliphatic heterocycles. The van der Waals surface area contributed by atoms with Gasteiger partial charge in [0.25, 0.3) is 0 Å². The van der Waals surface area contributed by atoms with E-state index in [0.717, 1.165) is 18.2 Å². The molecule has 0 unspecified atom stereocenters. The third kappa shape index (κ3) is 6.09. The predicted octanol–water partition coefficient (Wildman–Crippen LogP) is 3.80. The van der Waals surface area contributed by atoms with Crippen molar-refractivity contribution >= 4 is 11.9 Å². The Morgan fingerprint density at radius 2 is 2.00 bits per heavy atom. The van der Waals surface area contributed by atoms with Gasteiger partial charge >= 0.3 is 0 Å². The molecule has 0 radical (unpaired) electrons. The number of allylic oxidation sites excluding steroid dienone is 4. The van der Waals surface area contributed by atoms with Gasteiger partial charge in [0.2, 0.25) is 5.92 Å². The average molecular weight is 240 g/mol. The number of rotatable bonds is 3. The Balaban J connectivity index is 2.77. The van der Waals surface area contributed by atoms with Gasteiger partial charge in [0.05, 0.1) is 6.54 Å². The quantitative estimate of drug-likeness (QED) is 0.717.